The van der Waals surface area contributed by atoms with Gasteiger partial charge in [-0.1, -0.05) is 108 Å². The Morgan fingerprint density at radius 3 is 2.03 bits per heavy atom. The van der Waals surface area contributed by atoms with Gasteiger partial charge in [0, 0.05) is 0 Å². The first-order chi connectivity index (χ1) is 16.1. The molecule has 0 amide bonds. The van der Waals surface area contributed by atoms with Gasteiger partial charge < -0.3 is 0 Å². The summed E-state index contributed by atoms with van der Waals surface area (Å²) >= 11 is 0. The number of unbranched alkanes of at least 4 members (excludes halogenated alkanes) is 6. The summed E-state index contributed by atoms with van der Waals surface area (Å²) in [5.41, 5.74) is 2.42. The molecule has 0 heterocycles. The molecule has 2 aliphatic carbocycles. The van der Waals surface area contributed by atoms with Crippen molar-refractivity contribution in [1.82, 2.24) is 0 Å². The highest BCUT2D eigenvalue weighted by Crippen LogP contribution is 2.37. The maximum atomic E-state index is 13.4. The molecule has 1 fully saturated rings. The molecule has 1 aromatic carbocycles. The first-order valence-corrected chi connectivity index (χ1v) is 14.3. The molecule has 186 valence electrons. The molecule has 0 radical (unpaired) electrons. The molecule has 0 spiro atoms. The number of rotatable bonds is 14. The number of aryl methyl sites for hydroxylation is 1. The van der Waals surface area contributed by atoms with E-state index in [9.17, 15) is 8.78 Å². The minimum absolute atomic E-state index is 0.725. The summed E-state index contributed by atoms with van der Waals surface area (Å²) in [5, 5.41) is 0. The number of benzene rings is 1. The van der Waals surface area contributed by atoms with Crippen LogP contribution in [0.4, 0.5) is 8.78 Å². The lowest BCUT2D eigenvalue weighted by atomic mass is 9.76. The third-order valence-corrected chi connectivity index (χ3v) is 8.50. The SMILES string of the molecule is CCCCCCCCC[C@H]1CC[C@H](CCC2CC=C(CCc3ccc(F)c(F)c3)CC2)CC1. The van der Waals surface area contributed by atoms with Crippen molar-refractivity contribution >= 4 is 0 Å². The Labute approximate surface area is 202 Å². The van der Waals surface area contributed by atoms with Gasteiger partial charge in [0.25, 0.3) is 0 Å². The minimum atomic E-state index is -0.750. The summed E-state index contributed by atoms with van der Waals surface area (Å²) in [7, 11) is 0. The molecule has 0 aromatic heterocycles. The van der Waals surface area contributed by atoms with E-state index in [2.05, 4.69) is 13.0 Å². The Bertz CT molecular complexity index is 699. The Morgan fingerprint density at radius 2 is 1.36 bits per heavy atom. The van der Waals surface area contributed by atoms with Crippen molar-refractivity contribution in [3.05, 3.63) is 47.0 Å². The van der Waals surface area contributed by atoms with E-state index in [1.165, 1.54) is 127 Å². The average molecular weight is 459 g/mol. The molecule has 1 aromatic rings. The highest BCUT2D eigenvalue weighted by molar-refractivity contribution is 5.19. The third kappa shape index (κ3) is 9.91. The van der Waals surface area contributed by atoms with Crippen molar-refractivity contribution < 1.29 is 8.78 Å². The standard InChI is InChI=1S/C31H48F2/c1-2-3-4-5-6-7-8-9-25-10-12-26(13-11-25)14-15-27-16-18-28(19-17-27)20-21-29-22-23-30(32)31(33)24-29/h18,22-27H,2-17,19-21H2,1H3/t25-,26-,27?. The topological polar surface area (TPSA) is 0 Å². The average Bonchev–Trinajstić information content (AvgIpc) is 2.84. The summed E-state index contributed by atoms with van der Waals surface area (Å²) in [5.74, 6) is 1.39. The van der Waals surface area contributed by atoms with E-state index in [1.54, 1.807) is 6.07 Å². The summed E-state index contributed by atoms with van der Waals surface area (Å²) in [4.78, 5) is 0. The molecule has 0 N–H and O–H groups in total. The van der Waals surface area contributed by atoms with Gasteiger partial charge >= 0.3 is 0 Å². The summed E-state index contributed by atoms with van der Waals surface area (Å²) in [6, 6.07) is 4.32. The Hall–Kier alpha value is -1.18. The molecule has 2 heteroatoms. The minimum Gasteiger partial charge on any atom is -0.204 e. The number of halogens is 2. The van der Waals surface area contributed by atoms with E-state index in [-0.39, 0.29) is 0 Å². The van der Waals surface area contributed by atoms with Gasteiger partial charge in [-0.25, -0.2) is 8.78 Å². The van der Waals surface area contributed by atoms with Crippen LogP contribution in [0.3, 0.4) is 0 Å². The summed E-state index contributed by atoms with van der Waals surface area (Å²) < 4.78 is 26.5. The van der Waals surface area contributed by atoms with Gasteiger partial charge in [-0.15, -0.1) is 0 Å². The van der Waals surface area contributed by atoms with Crippen LogP contribution in [0.25, 0.3) is 0 Å². The molecule has 0 bridgehead atoms. The van der Waals surface area contributed by atoms with Crippen molar-refractivity contribution in [2.24, 2.45) is 17.8 Å². The van der Waals surface area contributed by atoms with Crippen LogP contribution in [0.1, 0.15) is 128 Å². The molecule has 1 saturated carbocycles. The third-order valence-electron chi connectivity index (χ3n) is 8.50. The maximum Gasteiger partial charge on any atom is 0.159 e. The van der Waals surface area contributed by atoms with Crippen molar-refractivity contribution in [1.29, 1.82) is 0 Å². The predicted octanol–water partition coefficient (Wildman–Crippen LogP) is 10.4. The van der Waals surface area contributed by atoms with Gasteiger partial charge in [-0.3, -0.25) is 0 Å². The van der Waals surface area contributed by atoms with Crippen LogP contribution in [0.2, 0.25) is 0 Å². The van der Waals surface area contributed by atoms with Crippen LogP contribution in [0.15, 0.2) is 29.8 Å². The lowest BCUT2D eigenvalue weighted by Crippen LogP contribution is -2.16. The monoisotopic (exact) mass is 458 g/mol. The van der Waals surface area contributed by atoms with E-state index in [0.717, 1.165) is 36.2 Å². The number of hydrogen-bond acceptors (Lipinski definition) is 0. The molecule has 1 atom stereocenters. The fourth-order valence-corrected chi connectivity index (χ4v) is 6.10. The normalized spacial score (nSPS) is 23.5. The highest BCUT2D eigenvalue weighted by atomic mass is 19.2. The maximum absolute atomic E-state index is 13.4. The van der Waals surface area contributed by atoms with Crippen LogP contribution in [-0.4, -0.2) is 0 Å². The van der Waals surface area contributed by atoms with E-state index < -0.39 is 11.6 Å². The number of hydrogen-bond donors (Lipinski definition) is 0. The van der Waals surface area contributed by atoms with Crippen molar-refractivity contribution in [3.8, 4) is 0 Å². The summed E-state index contributed by atoms with van der Waals surface area (Å²) in [6.07, 6.45) is 28.3. The quantitative estimate of drug-likeness (QED) is 0.192. The Morgan fingerprint density at radius 1 is 0.697 bits per heavy atom. The van der Waals surface area contributed by atoms with Crippen molar-refractivity contribution in [2.75, 3.05) is 0 Å². The van der Waals surface area contributed by atoms with E-state index >= 15 is 0 Å². The lowest BCUT2D eigenvalue weighted by Gasteiger charge is -2.30. The number of allylic oxidation sites excluding steroid dienone is 2. The van der Waals surface area contributed by atoms with Crippen molar-refractivity contribution in [2.45, 2.75) is 129 Å². The molecule has 0 saturated heterocycles. The first-order valence-electron chi connectivity index (χ1n) is 14.3. The first kappa shape index (κ1) is 26.4. The van der Waals surface area contributed by atoms with Gasteiger partial charge in [0.15, 0.2) is 11.6 Å². The molecule has 2 aliphatic rings. The zero-order valence-corrected chi connectivity index (χ0v) is 21.2. The largest absolute Gasteiger partial charge is 0.204 e. The second kappa shape index (κ2) is 14.9. The highest BCUT2D eigenvalue weighted by Gasteiger charge is 2.22. The second-order valence-electron chi connectivity index (χ2n) is 11.1. The van der Waals surface area contributed by atoms with Crippen LogP contribution in [-0.2, 0) is 6.42 Å². The van der Waals surface area contributed by atoms with Crippen molar-refractivity contribution in [3.63, 3.8) is 0 Å². The van der Waals surface area contributed by atoms with Gasteiger partial charge in [-0.05, 0) is 74.0 Å². The van der Waals surface area contributed by atoms with Crippen LogP contribution >= 0.6 is 0 Å². The zero-order chi connectivity index (χ0) is 23.3. The molecule has 3 rings (SSSR count). The lowest BCUT2D eigenvalue weighted by molar-refractivity contribution is 0.234. The molecule has 0 aliphatic heterocycles. The fraction of sp³-hybridized carbons (Fsp3) is 0.742. The molecule has 33 heavy (non-hydrogen) atoms. The fourth-order valence-electron chi connectivity index (χ4n) is 6.10. The predicted molar refractivity (Wildman–Crippen MR) is 137 cm³/mol. The van der Waals surface area contributed by atoms with Crippen LogP contribution < -0.4 is 0 Å². The Balaban J connectivity index is 1.22. The zero-order valence-electron chi connectivity index (χ0n) is 21.2. The van der Waals surface area contributed by atoms with Gasteiger partial charge in [0.2, 0.25) is 0 Å². The molecular weight excluding hydrogens is 410 g/mol. The smallest absolute Gasteiger partial charge is 0.159 e. The molecule has 1 unspecified atom stereocenters. The summed E-state index contributed by atoms with van der Waals surface area (Å²) in [6.45, 7) is 2.29. The van der Waals surface area contributed by atoms with Gasteiger partial charge in [0.1, 0.15) is 0 Å². The molecule has 0 nitrogen and oxygen atoms in total. The van der Waals surface area contributed by atoms with E-state index in [1.807, 2.05) is 0 Å². The Kier molecular flexibility index (Phi) is 12.0. The van der Waals surface area contributed by atoms with E-state index in [4.69, 9.17) is 0 Å². The second-order valence-corrected chi connectivity index (χ2v) is 11.1. The van der Waals surface area contributed by atoms with Crippen LogP contribution in [0, 0.1) is 29.4 Å². The van der Waals surface area contributed by atoms with Gasteiger partial charge in [-0.2, -0.15) is 0 Å². The molecular formula is C31H48F2. The van der Waals surface area contributed by atoms with Gasteiger partial charge in [0.05, 0.1) is 0 Å². The van der Waals surface area contributed by atoms with Crippen LogP contribution in [0.5, 0.6) is 0 Å². The van der Waals surface area contributed by atoms with E-state index in [0.29, 0.717) is 0 Å².